The van der Waals surface area contributed by atoms with Gasteiger partial charge in [0, 0.05) is 6.54 Å². The van der Waals surface area contributed by atoms with Crippen LogP contribution < -0.4 is 5.32 Å². The number of rotatable bonds is 4. The van der Waals surface area contributed by atoms with Gasteiger partial charge in [-0.1, -0.05) is 19.3 Å². The Kier molecular flexibility index (Phi) is 5.25. The maximum Gasteiger partial charge on any atom is 0.311 e. The maximum atomic E-state index is 12.1. The summed E-state index contributed by atoms with van der Waals surface area (Å²) < 4.78 is 1.61. The molecule has 0 bridgehead atoms. The molecule has 20 heavy (non-hydrogen) atoms. The number of carboxylic acids is 1. The van der Waals surface area contributed by atoms with Crippen LogP contribution in [0.15, 0.2) is 13.6 Å². The fourth-order valence-corrected chi connectivity index (χ4v) is 5.33. The molecule has 2 rings (SSSR count). The van der Waals surface area contributed by atoms with Crippen LogP contribution in [0.25, 0.3) is 0 Å². The molecular weight excluding hydrogens is 410 g/mol. The number of nitrogens with one attached hydrogen (secondary N) is 1. The van der Waals surface area contributed by atoms with Gasteiger partial charge in [-0.25, -0.2) is 0 Å². The van der Waals surface area contributed by atoms with Crippen LogP contribution in [0.3, 0.4) is 0 Å². The molecule has 1 aromatic rings. The molecule has 0 atom stereocenters. The lowest BCUT2D eigenvalue weighted by molar-refractivity contribution is -0.150. The number of amides is 1. The van der Waals surface area contributed by atoms with E-state index >= 15 is 0 Å². The minimum absolute atomic E-state index is 0.196. The Bertz CT molecular complexity index is 524. The monoisotopic (exact) mass is 423 g/mol. The van der Waals surface area contributed by atoms with Crippen molar-refractivity contribution in [3.8, 4) is 0 Å². The molecule has 1 amide bonds. The number of carboxylic acid groups (broad SMARTS) is 1. The van der Waals surface area contributed by atoms with E-state index in [1.807, 2.05) is 0 Å². The van der Waals surface area contributed by atoms with Crippen molar-refractivity contribution in [1.29, 1.82) is 0 Å². The molecule has 1 aromatic heterocycles. The summed E-state index contributed by atoms with van der Waals surface area (Å²) in [7, 11) is 0. The van der Waals surface area contributed by atoms with Crippen LogP contribution in [0.2, 0.25) is 0 Å². The number of carbonyl (C=O) groups is 2. The summed E-state index contributed by atoms with van der Waals surface area (Å²) in [6.45, 7) is 0.196. The SMILES string of the molecule is O=C(NCC1(C(=O)O)CCCCC1)c1cc(Br)sc1Br. The Morgan fingerprint density at radius 2 is 1.95 bits per heavy atom. The Morgan fingerprint density at radius 3 is 2.45 bits per heavy atom. The summed E-state index contributed by atoms with van der Waals surface area (Å²) in [5.74, 6) is -1.03. The maximum absolute atomic E-state index is 12.1. The highest BCUT2D eigenvalue weighted by atomic mass is 79.9. The van der Waals surface area contributed by atoms with Crippen LogP contribution in [-0.2, 0) is 4.79 Å². The van der Waals surface area contributed by atoms with Crippen molar-refractivity contribution in [3.05, 3.63) is 19.2 Å². The molecule has 0 aromatic carbocycles. The second-order valence-electron chi connectivity index (χ2n) is 5.07. The van der Waals surface area contributed by atoms with E-state index in [0.29, 0.717) is 18.4 Å². The van der Waals surface area contributed by atoms with E-state index in [1.54, 1.807) is 6.07 Å². The smallest absolute Gasteiger partial charge is 0.311 e. The van der Waals surface area contributed by atoms with E-state index in [9.17, 15) is 14.7 Å². The fraction of sp³-hybridized carbons (Fsp3) is 0.538. The lowest BCUT2D eigenvalue weighted by atomic mass is 9.74. The van der Waals surface area contributed by atoms with E-state index < -0.39 is 11.4 Å². The molecular formula is C13H15Br2NO3S. The van der Waals surface area contributed by atoms with Gasteiger partial charge in [-0.3, -0.25) is 9.59 Å². The molecule has 1 fully saturated rings. The number of hydrogen-bond acceptors (Lipinski definition) is 3. The standard InChI is InChI=1S/C13H15Br2NO3S/c14-9-6-8(10(15)20-9)11(17)16-7-13(12(18)19)4-2-1-3-5-13/h6H,1-5,7H2,(H,16,17)(H,18,19). The number of aliphatic carboxylic acids is 1. The van der Waals surface area contributed by atoms with E-state index in [1.165, 1.54) is 11.3 Å². The van der Waals surface area contributed by atoms with Gasteiger partial charge in [0.05, 0.1) is 18.6 Å². The Balaban J connectivity index is 2.04. The summed E-state index contributed by atoms with van der Waals surface area (Å²) in [6.07, 6.45) is 4.17. The van der Waals surface area contributed by atoms with E-state index in [-0.39, 0.29) is 12.5 Å². The van der Waals surface area contributed by atoms with Crippen molar-refractivity contribution in [2.24, 2.45) is 5.41 Å². The van der Waals surface area contributed by atoms with Gasteiger partial charge in [-0.05, 0) is 50.8 Å². The highest BCUT2D eigenvalue weighted by Gasteiger charge is 2.39. The zero-order valence-electron chi connectivity index (χ0n) is 10.7. The van der Waals surface area contributed by atoms with Gasteiger partial charge in [0.15, 0.2) is 0 Å². The lowest BCUT2D eigenvalue weighted by Crippen LogP contribution is -2.44. The number of thiophene rings is 1. The Hall–Kier alpha value is -0.400. The molecule has 0 unspecified atom stereocenters. The summed E-state index contributed by atoms with van der Waals surface area (Å²) in [5.41, 5.74) is -0.258. The summed E-state index contributed by atoms with van der Waals surface area (Å²) in [5, 5.41) is 12.2. The van der Waals surface area contributed by atoms with E-state index in [2.05, 4.69) is 37.2 Å². The zero-order valence-corrected chi connectivity index (χ0v) is 14.7. The van der Waals surface area contributed by atoms with Gasteiger partial charge < -0.3 is 10.4 Å². The van der Waals surface area contributed by atoms with Crippen molar-refractivity contribution in [1.82, 2.24) is 5.32 Å². The van der Waals surface area contributed by atoms with Crippen LogP contribution in [0.5, 0.6) is 0 Å². The average Bonchev–Trinajstić information content (AvgIpc) is 2.76. The van der Waals surface area contributed by atoms with Crippen LogP contribution in [0, 0.1) is 5.41 Å². The topological polar surface area (TPSA) is 66.4 Å². The first-order valence-electron chi connectivity index (χ1n) is 6.41. The summed E-state index contributed by atoms with van der Waals surface area (Å²) in [6, 6.07) is 1.73. The molecule has 7 heteroatoms. The molecule has 110 valence electrons. The first kappa shape index (κ1) is 16.0. The van der Waals surface area contributed by atoms with Crippen molar-refractivity contribution in [2.45, 2.75) is 32.1 Å². The van der Waals surface area contributed by atoms with Crippen LogP contribution in [0.4, 0.5) is 0 Å². The Labute approximate surface area is 138 Å². The molecule has 0 spiro atoms. The number of carbonyl (C=O) groups excluding carboxylic acids is 1. The lowest BCUT2D eigenvalue weighted by Gasteiger charge is -2.33. The molecule has 1 aliphatic rings. The molecule has 1 aliphatic carbocycles. The second kappa shape index (κ2) is 6.58. The minimum atomic E-state index is -0.803. The largest absolute Gasteiger partial charge is 0.481 e. The first-order chi connectivity index (χ1) is 9.44. The third-order valence-corrected chi connectivity index (χ3v) is 6.09. The highest BCUT2D eigenvalue weighted by Crippen LogP contribution is 2.36. The minimum Gasteiger partial charge on any atom is -0.481 e. The van der Waals surface area contributed by atoms with Crippen molar-refractivity contribution in [2.75, 3.05) is 6.54 Å². The molecule has 4 nitrogen and oxygen atoms in total. The van der Waals surface area contributed by atoms with Crippen LogP contribution in [0.1, 0.15) is 42.5 Å². The van der Waals surface area contributed by atoms with Crippen molar-refractivity contribution < 1.29 is 14.7 Å². The number of hydrogen-bond donors (Lipinski definition) is 2. The second-order valence-corrected chi connectivity index (χ2v) is 8.82. The van der Waals surface area contributed by atoms with Gasteiger partial charge in [0.25, 0.3) is 5.91 Å². The third kappa shape index (κ3) is 3.43. The van der Waals surface area contributed by atoms with Crippen molar-refractivity contribution >= 4 is 55.1 Å². The van der Waals surface area contributed by atoms with Crippen molar-refractivity contribution in [3.63, 3.8) is 0 Å². The highest BCUT2D eigenvalue weighted by molar-refractivity contribution is 9.12. The molecule has 1 heterocycles. The van der Waals surface area contributed by atoms with Gasteiger partial charge in [-0.2, -0.15) is 0 Å². The average molecular weight is 425 g/mol. The molecule has 0 aliphatic heterocycles. The number of halogens is 2. The quantitative estimate of drug-likeness (QED) is 0.766. The van der Waals surface area contributed by atoms with E-state index in [0.717, 1.165) is 26.8 Å². The van der Waals surface area contributed by atoms with Crippen LogP contribution in [-0.4, -0.2) is 23.5 Å². The van der Waals surface area contributed by atoms with Gasteiger partial charge in [0.2, 0.25) is 0 Å². The van der Waals surface area contributed by atoms with Gasteiger partial charge in [-0.15, -0.1) is 11.3 Å². The molecule has 2 N–H and O–H groups in total. The van der Waals surface area contributed by atoms with Gasteiger partial charge >= 0.3 is 5.97 Å². The normalized spacial score (nSPS) is 17.7. The predicted octanol–water partition coefficient (Wildman–Crippen LogP) is 4.04. The van der Waals surface area contributed by atoms with Crippen LogP contribution >= 0.6 is 43.2 Å². The zero-order chi connectivity index (χ0) is 14.8. The van der Waals surface area contributed by atoms with Gasteiger partial charge in [0.1, 0.15) is 0 Å². The summed E-state index contributed by atoms with van der Waals surface area (Å²) in [4.78, 5) is 23.7. The van der Waals surface area contributed by atoms with E-state index in [4.69, 9.17) is 0 Å². The molecule has 0 radical (unpaired) electrons. The Morgan fingerprint density at radius 1 is 1.30 bits per heavy atom. The third-order valence-electron chi connectivity index (χ3n) is 3.75. The predicted molar refractivity (Wildman–Crippen MR) is 85.2 cm³/mol. The fourth-order valence-electron chi connectivity index (χ4n) is 2.53. The first-order valence-corrected chi connectivity index (χ1v) is 8.81. The molecule has 0 saturated heterocycles. The molecule has 1 saturated carbocycles. The summed E-state index contributed by atoms with van der Waals surface area (Å²) >= 11 is 8.09.